The van der Waals surface area contributed by atoms with Gasteiger partial charge in [-0.05, 0) is 42.0 Å². The van der Waals surface area contributed by atoms with E-state index in [0.29, 0.717) is 12.5 Å². The predicted molar refractivity (Wildman–Crippen MR) is 77.2 cm³/mol. The highest BCUT2D eigenvalue weighted by Gasteiger charge is 2.33. The largest absolute Gasteiger partial charge is 0.418 e. The number of alkyl halides is 3. The molecule has 1 nitrogen and oxygen atoms in total. The van der Waals surface area contributed by atoms with Crippen molar-refractivity contribution in [3.63, 3.8) is 0 Å². The summed E-state index contributed by atoms with van der Waals surface area (Å²) < 4.78 is 38.7. The highest BCUT2D eigenvalue weighted by atomic mass is 19.4. The molecular formula is C17H16F3N. The number of hydrogen-bond donors (Lipinski definition) is 1. The Kier molecular flexibility index (Phi) is 3.62. The maximum atomic E-state index is 12.9. The summed E-state index contributed by atoms with van der Waals surface area (Å²) in [7, 11) is 0. The molecule has 21 heavy (non-hydrogen) atoms. The maximum absolute atomic E-state index is 12.9. The third kappa shape index (κ3) is 3.38. The van der Waals surface area contributed by atoms with Crippen molar-refractivity contribution < 1.29 is 13.2 Å². The van der Waals surface area contributed by atoms with E-state index < -0.39 is 11.7 Å². The fraction of sp³-hybridized carbons (Fsp3) is 0.294. The fourth-order valence-electron chi connectivity index (χ4n) is 2.46. The fourth-order valence-corrected chi connectivity index (χ4v) is 2.46. The Bertz CT molecular complexity index is 630. The number of rotatable bonds is 4. The zero-order valence-electron chi connectivity index (χ0n) is 11.5. The third-order valence-corrected chi connectivity index (χ3v) is 3.72. The summed E-state index contributed by atoms with van der Waals surface area (Å²) >= 11 is 0. The Morgan fingerprint density at radius 1 is 1.00 bits per heavy atom. The minimum absolute atomic E-state index is 0.127. The van der Waals surface area contributed by atoms with Gasteiger partial charge in [-0.1, -0.05) is 36.4 Å². The molecule has 0 atom stereocenters. The van der Waals surface area contributed by atoms with Crippen LogP contribution in [0.3, 0.4) is 0 Å². The summed E-state index contributed by atoms with van der Waals surface area (Å²) in [5, 5.41) is 2.90. The van der Waals surface area contributed by atoms with Crippen LogP contribution in [0.2, 0.25) is 0 Å². The second-order valence-corrected chi connectivity index (χ2v) is 5.42. The monoisotopic (exact) mass is 291 g/mol. The van der Waals surface area contributed by atoms with Gasteiger partial charge < -0.3 is 5.32 Å². The predicted octanol–water partition coefficient (Wildman–Crippen LogP) is 5.19. The van der Waals surface area contributed by atoms with Crippen molar-refractivity contribution in [1.82, 2.24) is 0 Å². The third-order valence-electron chi connectivity index (χ3n) is 3.72. The molecule has 0 radical (unpaired) electrons. The quantitative estimate of drug-likeness (QED) is 0.817. The van der Waals surface area contributed by atoms with Gasteiger partial charge in [-0.2, -0.15) is 13.2 Å². The lowest BCUT2D eigenvalue weighted by Gasteiger charge is -2.14. The average molecular weight is 291 g/mol. The number of anilines is 1. The molecule has 2 aromatic rings. The van der Waals surface area contributed by atoms with Crippen molar-refractivity contribution >= 4 is 5.69 Å². The number of halogens is 3. The minimum atomic E-state index is -4.33. The van der Waals surface area contributed by atoms with E-state index >= 15 is 0 Å². The normalized spacial score (nSPS) is 15.0. The van der Waals surface area contributed by atoms with Crippen molar-refractivity contribution in [2.45, 2.75) is 31.5 Å². The minimum Gasteiger partial charge on any atom is -0.380 e. The van der Waals surface area contributed by atoms with Crippen LogP contribution >= 0.6 is 0 Å². The molecule has 1 saturated carbocycles. The Hall–Kier alpha value is -1.97. The first-order valence-corrected chi connectivity index (χ1v) is 7.03. The highest BCUT2D eigenvalue weighted by molar-refractivity contribution is 5.53. The van der Waals surface area contributed by atoms with Crippen LogP contribution in [0.5, 0.6) is 0 Å². The van der Waals surface area contributed by atoms with Crippen LogP contribution in [-0.4, -0.2) is 0 Å². The van der Waals surface area contributed by atoms with Gasteiger partial charge in [0.25, 0.3) is 0 Å². The lowest BCUT2D eigenvalue weighted by molar-refractivity contribution is -0.136. The molecule has 0 heterocycles. The van der Waals surface area contributed by atoms with E-state index in [9.17, 15) is 13.2 Å². The first-order valence-electron chi connectivity index (χ1n) is 7.03. The second-order valence-electron chi connectivity index (χ2n) is 5.42. The van der Waals surface area contributed by atoms with Gasteiger partial charge in [-0.25, -0.2) is 0 Å². The number of benzene rings is 2. The molecule has 1 aliphatic rings. The molecule has 0 aromatic heterocycles. The first kappa shape index (κ1) is 14.0. The average Bonchev–Trinajstić information content (AvgIpc) is 3.29. The SMILES string of the molecule is FC(F)(F)c1ccccc1NCc1cccc(C2CC2)c1. The second kappa shape index (κ2) is 5.43. The van der Waals surface area contributed by atoms with Gasteiger partial charge in [-0.15, -0.1) is 0 Å². The molecule has 4 heteroatoms. The molecule has 0 spiro atoms. The molecule has 110 valence electrons. The van der Waals surface area contributed by atoms with Crippen LogP contribution in [0.4, 0.5) is 18.9 Å². The van der Waals surface area contributed by atoms with Crippen molar-refractivity contribution in [3.05, 3.63) is 65.2 Å². The Balaban J connectivity index is 1.74. The van der Waals surface area contributed by atoms with Gasteiger partial charge in [0, 0.05) is 12.2 Å². The van der Waals surface area contributed by atoms with Crippen LogP contribution in [0, 0.1) is 0 Å². The molecule has 0 aliphatic heterocycles. The van der Waals surface area contributed by atoms with Gasteiger partial charge in [0.05, 0.1) is 5.56 Å². The van der Waals surface area contributed by atoms with E-state index in [1.165, 1.54) is 30.5 Å². The summed E-state index contributed by atoms with van der Waals surface area (Å²) in [6.07, 6.45) is -1.90. The van der Waals surface area contributed by atoms with E-state index in [1.54, 1.807) is 6.07 Å². The van der Waals surface area contributed by atoms with Crippen LogP contribution in [0.15, 0.2) is 48.5 Å². The zero-order chi connectivity index (χ0) is 14.9. The van der Waals surface area contributed by atoms with E-state index in [0.717, 1.165) is 11.6 Å². The van der Waals surface area contributed by atoms with Gasteiger partial charge in [0.1, 0.15) is 0 Å². The summed E-state index contributed by atoms with van der Waals surface area (Å²) in [5.41, 5.74) is 1.81. The number of para-hydroxylation sites is 1. The molecule has 2 aromatic carbocycles. The summed E-state index contributed by atoms with van der Waals surface area (Å²) in [6, 6.07) is 13.7. The van der Waals surface area contributed by atoms with Crippen molar-refractivity contribution in [2.24, 2.45) is 0 Å². The van der Waals surface area contributed by atoms with Crippen molar-refractivity contribution in [3.8, 4) is 0 Å². The van der Waals surface area contributed by atoms with Gasteiger partial charge in [-0.3, -0.25) is 0 Å². The molecule has 1 fully saturated rings. The molecule has 0 saturated heterocycles. The Morgan fingerprint density at radius 3 is 2.48 bits per heavy atom. The van der Waals surface area contributed by atoms with Gasteiger partial charge >= 0.3 is 6.18 Å². The lowest BCUT2D eigenvalue weighted by Crippen LogP contribution is -2.10. The van der Waals surface area contributed by atoms with Crippen LogP contribution in [-0.2, 0) is 12.7 Å². The molecule has 0 amide bonds. The van der Waals surface area contributed by atoms with Gasteiger partial charge in [0.2, 0.25) is 0 Å². The molecule has 0 bridgehead atoms. The molecule has 1 N–H and O–H groups in total. The maximum Gasteiger partial charge on any atom is 0.418 e. The summed E-state index contributed by atoms with van der Waals surface area (Å²) in [4.78, 5) is 0. The van der Waals surface area contributed by atoms with E-state index in [4.69, 9.17) is 0 Å². The summed E-state index contributed by atoms with van der Waals surface area (Å²) in [5.74, 6) is 0.646. The smallest absolute Gasteiger partial charge is 0.380 e. The highest BCUT2D eigenvalue weighted by Crippen LogP contribution is 2.40. The van der Waals surface area contributed by atoms with Crippen LogP contribution in [0.1, 0.15) is 35.4 Å². The van der Waals surface area contributed by atoms with Gasteiger partial charge in [0.15, 0.2) is 0 Å². The standard InChI is InChI=1S/C17H16F3N/c18-17(19,20)15-6-1-2-7-16(15)21-11-12-4-3-5-14(10-12)13-8-9-13/h1-7,10,13,21H,8-9,11H2. The number of hydrogen-bond acceptors (Lipinski definition) is 1. The van der Waals surface area contributed by atoms with E-state index in [-0.39, 0.29) is 5.69 Å². The number of nitrogens with one attached hydrogen (secondary N) is 1. The first-order chi connectivity index (χ1) is 10.0. The Labute approximate surface area is 121 Å². The van der Waals surface area contributed by atoms with E-state index in [1.807, 2.05) is 12.1 Å². The molecule has 0 unspecified atom stereocenters. The Morgan fingerprint density at radius 2 is 1.76 bits per heavy atom. The molecule has 1 aliphatic carbocycles. The van der Waals surface area contributed by atoms with Crippen molar-refractivity contribution in [2.75, 3.05) is 5.32 Å². The van der Waals surface area contributed by atoms with E-state index in [2.05, 4.69) is 17.4 Å². The molecule has 3 rings (SSSR count). The van der Waals surface area contributed by atoms with Crippen LogP contribution < -0.4 is 5.32 Å². The molecular weight excluding hydrogens is 275 g/mol. The zero-order valence-corrected chi connectivity index (χ0v) is 11.5. The van der Waals surface area contributed by atoms with Crippen LogP contribution in [0.25, 0.3) is 0 Å². The summed E-state index contributed by atoms with van der Waals surface area (Å²) in [6.45, 7) is 0.396. The van der Waals surface area contributed by atoms with Crippen molar-refractivity contribution in [1.29, 1.82) is 0 Å². The topological polar surface area (TPSA) is 12.0 Å². The lowest BCUT2D eigenvalue weighted by atomic mass is 10.1.